The molecule has 1 heterocycles. The number of halogens is 6. The lowest BCUT2D eigenvalue weighted by Gasteiger charge is -2.34. The number of alkyl halides is 3. The van der Waals surface area contributed by atoms with Crippen molar-refractivity contribution in [1.29, 1.82) is 0 Å². The van der Waals surface area contributed by atoms with Gasteiger partial charge in [0.25, 0.3) is 11.4 Å². The van der Waals surface area contributed by atoms with Crippen LogP contribution in [0.5, 0.6) is 0 Å². The minimum absolute atomic E-state index is 0.0519. The first-order valence-electron chi connectivity index (χ1n) is 10.1. The Balaban J connectivity index is 0.000000283. The average molecular weight is 509 g/mol. The number of benzene rings is 2. The number of nitro groups is 2. The van der Waals surface area contributed by atoms with Gasteiger partial charge in [-0.05, 0) is 18.9 Å². The summed E-state index contributed by atoms with van der Waals surface area (Å²) < 4.78 is 77.1. The first-order chi connectivity index (χ1) is 16.3. The maximum Gasteiger partial charge on any atom is 0.391 e. The van der Waals surface area contributed by atoms with E-state index in [1.54, 1.807) is 0 Å². The van der Waals surface area contributed by atoms with Crippen LogP contribution in [0.4, 0.5) is 54.8 Å². The van der Waals surface area contributed by atoms with Crippen LogP contribution in [0.3, 0.4) is 0 Å². The maximum atomic E-state index is 14.0. The lowest BCUT2D eigenvalue weighted by Crippen LogP contribution is -2.39. The minimum atomic E-state index is -4.24. The highest BCUT2D eigenvalue weighted by molar-refractivity contribution is 5.69. The SMILES string of the molecule is CNc1cc(F)c(F)cc1[N+](=O)[O-].CNc1cc(N2CCC(C(F)(F)F)CC2)c(F)cc1[N+](=O)[O-]. The van der Waals surface area contributed by atoms with Crippen LogP contribution >= 0.6 is 0 Å². The standard InChI is InChI=1S/C13H15F4N3O2.C7H6F2N2O2/c1-18-10-7-11(9(14)6-12(10)20(21)22)19-4-2-8(3-5-19)13(15,16)17;1-10-6-2-4(8)5(9)3-7(6)11(12)13/h6-8,18H,2-5H2,1H3;2-3,10H,1H3. The Kier molecular flexibility index (Phi) is 8.71. The second-order valence-electron chi connectivity index (χ2n) is 7.42. The molecule has 0 aliphatic carbocycles. The number of hydrogen-bond acceptors (Lipinski definition) is 7. The highest BCUT2D eigenvalue weighted by Crippen LogP contribution is 2.38. The van der Waals surface area contributed by atoms with Crippen LogP contribution in [-0.4, -0.2) is 43.2 Å². The van der Waals surface area contributed by atoms with Crippen molar-refractivity contribution in [2.45, 2.75) is 19.0 Å². The molecular formula is C20H21F6N5O4. The molecule has 0 amide bonds. The van der Waals surface area contributed by atoms with Crippen LogP contribution in [0.1, 0.15) is 12.8 Å². The predicted octanol–water partition coefficient (Wildman–Crippen LogP) is 5.47. The smallest absolute Gasteiger partial charge is 0.383 e. The highest BCUT2D eigenvalue weighted by Gasteiger charge is 2.41. The Bertz CT molecular complexity index is 1090. The molecule has 0 atom stereocenters. The molecule has 192 valence electrons. The van der Waals surface area contributed by atoms with E-state index in [1.165, 1.54) is 25.1 Å². The lowest BCUT2D eigenvalue weighted by molar-refractivity contribution is -0.384. The van der Waals surface area contributed by atoms with E-state index in [0.717, 1.165) is 12.1 Å². The number of anilines is 3. The summed E-state index contributed by atoms with van der Waals surface area (Å²) in [4.78, 5) is 21.1. The number of piperidine rings is 1. The largest absolute Gasteiger partial charge is 0.391 e. The van der Waals surface area contributed by atoms with E-state index >= 15 is 0 Å². The van der Waals surface area contributed by atoms with Gasteiger partial charge in [0.05, 0.1) is 33.6 Å². The molecule has 35 heavy (non-hydrogen) atoms. The molecule has 0 aromatic heterocycles. The molecule has 1 aliphatic heterocycles. The Morgan fingerprint density at radius 3 is 1.69 bits per heavy atom. The fraction of sp³-hybridized carbons (Fsp3) is 0.400. The van der Waals surface area contributed by atoms with E-state index in [4.69, 9.17) is 0 Å². The first-order valence-corrected chi connectivity index (χ1v) is 10.1. The van der Waals surface area contributed by atoms with Gasteiger partial charge in [0, 0.05) is 33.3 Å². The van der Waals surface area contributed by atoms with E-state index in [9.17, 15) is 46.6 Å². The Hall–Kier alpha value is -3.78. The molecule has 15 heteroatoms. The molecule has 9 nitrogen and oxygen atoms in total. The van der Waals surface area contributed by atoms with Crippen molar-refractivity contribution >= 4 is 28.4 Å². The number of nitro benzene ring substituents is 2. The second-order valence-corrected chi connectivity index (χ2v) is 7.42. The third-order valence-electron chi connectivity index (χ3n) is 5.33. The van der Waals surface area contributed by atoms with Crippen molar-refractivity contribution in [3.05, 3.63) is 61.9 Å². The lowest BCUT2D eigenvalue weighted by atomic mass is 9.96. The van der Waals surface area contributed by atoms with Crippen LogP contribution in [0.2, 0.25) is 0 Å². The summed E-state index contributed by atoms with van der Waals surface area (Å²) in [5.41, 5.74) is -0.742. The van der Waals surface area contributed by atoms with Gasteiger partial charge in [0.1, 0.15) is 11.4 Å². The van der Waals surface area contributed by atoms with Crippen molar-refractivity contribution in [2.24, 2.45) is 5.92 Å². The fourth-order valence-corrected chi connectivity index (χ4v) is 3.48. The first kappa shape index (κ1) is 27.5. The molecule has 0 radical (unpaired) electrons. The van der Waals surface area contributed by atoms with Crippen LogP contribution < -0.4 is 15.5 Å². The van der Waals surface area contributed by atoms with Gasteiger partial charge >= 0.3 is 6.18 Å². The zero-order valence-corrected chi connectivity index (χ0v) is 18.5. The summed E-state index contributed by atoms with van der Waals surface area (Å²) in [7, 11) is 2.85. The second kappa shape index (κ2) is 11.1. The van der Waals surface area contributed by atoms with E-state index in [1.807, 2.05) is 0 Å². The van der Waals surface area contributed by atoms with E-state index in [0.29, 0.717) is 6.07 Å². The highest BCUT2D eigenvalue weighted by atomic mass is 19.4. The summed E-state index contributed by atoms with van der Waals surface area (Å²) in [5.74, 6) is -4.54. The Morgan fingerprint density at radius 2 is 1.26 bits per heavy atom. The van der Waals surface area contributed by atoms with Crippen molar-refractivity contribution < 1.29 is 36.2 Å². The monoisotopic (exact) mass is 509 g/mol. The molecule has 1 saturated heterocycles. The number of rotatable bonds is 5. The van der Waals surface area contributed by atoms with Crippen LogP contribution in [0.15, 0.2) is 24.3 Å². The molecule has 2 aromatic rings. The third kappa shape index (κ3) is 6.64. The number of nitrogens with one attached hydrogen (secondary N) is 2. The van der Waals surface area contributed by atoms with Crippen molar-refractivity contribution in [2.75, 3.05) is 42.7 Å². The molecule has 2 aromatic carbocycles. The van der Waals surface area contributed by atoms with Gasteiger partial charge in [-0.3, -0.25) is 20.2 Å². The van der Waals surface area contributed by atoms with E-state index < -0.39 is 50.8 Å². The third-order valence-corrected chi connectivity index (χ3v) is 5.33. The summed E-state index contributed by atoms with van der Waals surface area (Å²) in [5, 5.41) is 26.2. The molecule has 0 saturated carbocycles. The molecule has 3 rings (SSSR count). The average Bonchev–Trinajstić information content (AvgIpc) is 2.80. The number of hydrogen-bond donors (Lipinski definition) is 2. The van der Waals surface area contributed by atoms with E-state index in [-0.39, 0.29) is 43.0 Å². The Labute approximate surface area is 195 Å². The van der Waals surface area contributed by atoms with Gasteiger partial charge in [0.2, 0.25) is 0 Å². The van der Waals surface area contributed by atoms with Crippen LogP contribution in [0, 0.1) is 43.6 Å². The van der Waals surface area contributed by atoms with Gasteiger partial charge < -0.3 is 15.5 Å². The summed E-state index contributed by atoms with van der Waals surface area (Å²) in [6.07, 6.45) is -4.47. The van der Waals surface area contributed by atoms with Gasteiger partial charge in [-0.15, -0.1) is 0 Å². The quantitative estimate of drug-likeness (QED) is 0.312. The van der Waals surface area contributed by atoms with E-state index in [2.05, 4.69) is 10.6 Å². The van der Waals surface area contributed by atoms with Gasteiger partial charge in [0.15, 0.2) is 17.5 Å². The molecule has 2 N–H and O–H groups in total. The normalized spacial score (nSPS) is 14.1. The minimum Gasteiger partial charge on any atom is -0.383 e. The molecule has 0 unspecified atom stereocenters. The molecule has 0 spiro atoms. The predicted molar refractivity (Wildman–Crippen MR) is 116 cm³/mol. The van der Waals surface area contributed by atoms with Crippen molar-refractivity contribution in [1.82, 2.24) is 0 Å². The molecule has 1 fully saturated rings. The summed E-state index contributed by atoms with van der Waals surface area (Å²) >= 11 is 0. The van der Waals surface area contributed by atoms with Crippen molar-refractivity contribution in [3.63, 3.8) is 0 Å². The van der Waals surface area contributed by atoms with Crippen LogP contribution in [-0.2, 0) is 0 Å². The zero-order valence-electron chi connectivity index (χ0n) is 18.5. The molecular weight excluding hydrogens is 488 g/mol. The summed E-state index contributed by atoms with van der Waals surface area (Å²) in [6, 6.07) is 3.34. The fourth-order valence-electron chi connectivity index (χ4n) is 3.48. The van der Waals surface area contributed by atoms with Crippen molar-refractivity contribution in [3.8, 4) is 0 Å². The van der Waals surface area contributed by atoms with Gasteiger partial charge in [-0.2, -0.15) is 13.2 Å². The Morgan fingerprint density at radius 1 is 0.829 bits per heavy atom. The summed E-state index contributed by atoms with van der Waals surface area (Å²) in [6.45, 7) is 0.115. The zero-order chi connectivity index (χ0) is 26.5. The topological polar surface area (TPSA) is 114 Å². The molecule has 1 aliphatic rings. The number of nitrogens with zero attached hydrogens (tertiary/aromatic N) is 3. The van der Waals surface area contributed by atoms with Gasteiger partial charge in [-0.25, -0.2) is 13.2 Å². The maximum absolute atomic E-state index is 14.0. The molecule has 0 bridgehead atoms. The van der Waals surface area contributed by atoms with Gasteiger partial charge in [-0.1, -0.05) is 0 Å². The van der Waals surface area contributed by atoms with Crippen LogP contribution in [0.25, 0.3) is 0 Å².